The molecule has 1 N–H and O–H groups in total. The Balaban J connectivity index is 1.67. The van der Waals surface area contributed by atoms with Crippen LogP contribution in [0.1, 0.15) is 17.7 Å². The van der Waals surface area contributed by atoms with Gasteiger partial charge in [0.15, 0.2) is 0 Å². The first kappa shape index (κ1) is 24.2. The van der Waals surface area contributed by atoms with Gasteiger partial charge in [-0.1, -0.05) is 36.9 Å². The predicted octanol–water partition coefficient (Wildman–Crippen LogP) is 4.59. The molecule has 2 aromatic heterocycles. The van der Waals surface area contributed by atoms with Crippen molar-refractivity contribution in [2.24, 2.45) is 0 Å². The van der Waals surface area contributed by atoms with E-state index in [0.717, 1.165) is 42.0 Å². The molecule has 1 aliphatic heterocycles. The standard InChI is InChI=1S/C28H29N7O2/c1-4-27(36)31-24-17-25(26(37-3)16-23(24)21-10-6-5-7-11-21)35(28-29-12-8-13-30-28)34-19-22(20(2)32-34)18-33-14-9-15-33/h4-8,10-13,16-17,19H,1,9,14-15,18H2,2-3H3,(H,31,36). The molecule has 188 valence electrons. The monoisotopic (exact) mass is 495 g/mol. The Labute approximate surface area is 216 Å². The number of anilines is 3. The summed E-state index contributed by atoms with van der Waals surface area (Å²) in [6, 6.07) is 15.3. The second-order valence-corrected chi connectivity index (χ2v) is 8.78. The number of ether oxygens (including phenoxy) is 1. The number of methoxy groups -OCH3 is 1. The lowest BCUT2D eigenvalue weighted by molar-refractivity contribution is -0.111. The van der Waals surface area contributed by atoms with Gasteiger partial charge in [0.2, 0.25) is 5.91 Å². The van der Waals surface area contributed by atoms with Crippen molar-refractivity contribution in [3.05, 3.63) is 91.0 Å². The highest BCUT2D eigenvalue weighted by atomic mass is 16.5. The molecule has 0 bridgehead atoms. The summed E-state index contributed by atoms with van der Waals surface area (Å²) >= 11 is 0. The van der Waals surface area contributed by atoms with Crippen molar-refractivity contribution >= 4 is 23.2 Å². The third-order valence-electron chi connectivity index (χ3n) is 6.35. The molecule has 0 radical (unpaired) electrons. The quantitative estimate of drug-likeness (QED) is 0.340. The topological polar surface area (TPSA) is 88.4 Å². The van der Waals surface area contributed by atoms with Crippen molar-refractivity contribution in [1.82, 2.24) is 24.8 Å². The van der Waals surface area contributed by atoms with Gasteiger partial charge in [0.05, 0.1) is 24.7 Å². The lowest BCUT2D eigenvalue weighted by Crippen LogP contribution is -2.36. The van der Waals surface area contributed by atoms with E-state index in [1.165, 1.54) is 12.5 Å². The summed E-state index contributed by atoms with van der Waals surface area (Å²) in [6.45, 7) is 8.63. The van der Waals surface area contributed by atoms with E-state index in [9.17, 15) is 4.79 Å². The average molecular weight is 496 g/mol. The number of rotatable bonds is 9. The number of nitrogens with one attached hydrogen (secondary N) is 1. The van der Waals surface area contributed by atoms with Gasteiger partial charge in [-0.3, -0.25) is 9.69 Å². The summed E-state index contributed by atoms with van der Waals surface area (Å²) < 4.78 is 5.87. The number of amides is 1. The van der Waals surface area contributed by atoms with Gasteiger partial charge in [-0.15, -0.1) is 0 Å². The highest BCUT2D eigenvalue weighted by molar-refractivity contribution is 6.03. The van der Waals surface area contributed by atoms with Crippen molar-refractivity contribution < 1.29 is 9.53 Å². The minimum absolute atomic E-state index is 0.317. The van der Waals surface area contributed by atoms with Gasteiger partial charge in [0, 0.05) is 30.1 Å². The zero-order valence-electron chi connectivity index (χ0n) is 21.0. The van der Waals surface area contributed by atoms with Crippen molar-refractivity contribution in [2.75, 3.05) is 30.5 Å². The summed E-state index contributed by atoms with van der Waals surface area (Å²) in [5.41, 5.74) is 5.00. The van der Waals surface area contributed by atoms with E-state index in [2.05, 4.69) is 26.8 Å². The van der Waals surface area contributed by atoms with Crippen molar-refractivity contribution in [3.63, 3.8) is 0 Å². The molecular formula is C28H29N7O2. The van der Waals surface area contributed by atoms with E-state index >= 15 is 0 Å². The van der Waals surface area contributed by atoms with Crippen LogP contribution in [0.15, 0.2) is 79.8 Å². The molecule has 5 rings (SSSR count). The van der Waals surface area contributed by atoms with Crippen LogP contribution < -0.4 is 15.1 Å². The number of carbonyl (C=O) groups excluding carboxylic acids is 1. The molecular weight excluding hydrogens is 466 g/mol. The lowest BCUT2D eigenvalue weighted by atomic mass is 10.0. The molecule has 9 nitrogen and oxygen atoms in total. The van der Waals surface area contributed by atoms with Crippen LogP contribution in [-0.2, 0) is 11.3 Å². The Bertz CT molecular complexity index is 1400. The molecule has 1 aliphatic rings. The number of likely N-dealkylation sites (tertiary alicyclic amines) is 1. The molecule has 0 unspecified atom stereocenters. The van der Waals surface area contributed by atoms with Crippen molar-refractivity contribution in [2.45, 2.75) is 19.9 Å². The minimum atomic E-state index is -0.317. The molecule has 0 aliphatic carbocycles. The van der Waals surface area contributed by atoms with Crippen LogP contribution >= 0.6 is 0 Å². The number of hydrogen-bond donors (Lipinski definition) is 1. The molecule has 9 heteroatoms. The molecule has 0 atom stereocenters. The fraction of sp³-hybridized carbons (Fsp3) is 0.214. The Morgan fingerprint density at radius 2 is 1.92 bits per heavy atom. The molecule has 0 saturated carbocycles. The highest BCUT2D eigenvalue weighted by Gasteiger charge is 2.25. The first-order valence-electron chi connectivity index (χ1n) is 12.1. The van der Waals surface area contributed by atoms with Gasteiger partial charge in [-0.25, -0.2) is 9.97 Å². The second-order valence-electron chi connectivity index (χ2n) is 8.78. The summed E-state index contributed by atoms with van der Waals surface area (Å²) in [4.78, 5) is 25.5. The lowest BCUT2D eigenvalue weighted by Gasteiger charge is -2.30. The van der Waals surface area contributed by atoms with E-state index in [1.54, 1.807) is 35.4 Å². The fourth-order valence-corrected chi connectivity index (χ4v) is 4.27. The average Bonchev–Trinajstić information content (AvgIpc) is 3.27. The maximum absolute atomic E-state index is 12.4. The molecule has 1 saturated heterocycles. The van der Waals surface area contributed by atoms with Crippen LogP contribution in [0, 0.1) is 6.92 Å². The van der Waals surface area contributed by atoms with Crippen LogP contribution in [0.2, 0.25) is 0 Å². The Hall–Kier alpha value is -4.50. The van der Waals surface area contributed by atoms with Gasteiger partial charge in [-0.05, 0) is 56.3 Å². The smallest absolute Gasteiger partial charge is 0.251 e. The van der Waals surface area contributed by atoms with Gasteiger partial charge >= 0.3 is 0 Å². The number of aryl methyl sites for hydroxylation is 1. The summed E-state index contributed by atoms with van der Waals surface area (Å²) in [7, 11) is 1.61. The molecule has 4 aromatic rings. The van der Waals surface area contributed by atoms with Crippen LogP contribution in [0.5, 0.6) is 5.75 Å². The van der Waals surface area contributed by atoms with Crippen LogP contribution in [0.3, 0.4) is 0 Å². The largest absolute Gasteiger partial charge is 0.494 e. The highest BCUT2D eigenvalue weighted by Crippen LogP contribution is 2.41. The number of aromatic nitrogens is 4. The molecule has 2 aromatic carbocycles. The SMILES string of the molecule is C=CC(=O)Nc1cc(N(c2ncccn2)n2cc(CN3CCC3)c(C)n2)c(OC)cc1-c1ccccc1. The summed E-state index contributed by atoms with van der Waals surface area (Å²) in [6.07, 6.45) is 7.82. The van der Waals surface area contributed by atoms with Gasteiger partial charge in [-0.2, -0.15) is 14.9 Å². The van der Waals surface area contributed by atoms with E-state index in [-0.39, 0.29) is 5.91 Å². The van der Waals surface area contributed by atoms with E-state index in [0.29, 0.717) is 23.1 Å². The number of hydrogen-bond acceptors (Lipinski definition) is 7. The van der Waals surface area contributed by atoms with Crippen molar-refractivity contribution in [3.8, 4) is 16.9 Å². The fourth-order valence-electron chi connectivity index (χ4n) is 4.27. The van der Waals surface area contributed by atoms with E-state index in [4.69, 9.17) is 9.84 Å². The molecule has 0 spiro atoms. The second kappa shape index (κ2) is 10.6. The zero-order valence-corrected chi connectivity index (χ0v) is 21.0. The number of nitrogens with zero attached hydrogens (tertiary/aromatic N) is 6. The minimum Gasteiger partial charge on any atom is -0.494 e. The summed E-state index contributed by atoms with van der Waals surface area (Å²) in [5, 5.41) is 9.55. The first-order chi connectivity index (χ1) is 18.1. The maximum atomic E-state index is 12.4. The van der Waals surface area contributed by atoms with Gasteiger partial charge in [0.1, 0.15) is 11.4 Å². The van der Waals surface area contributed by atoms with Crippen LogP contribution in [0.4, 0.5) is 17.3 Å². The Kier molecular flexibility index (Phi) is 6.96. The third kappa shape index (κ3) is 5.07. The van der Waals surface area contributed by atoms with Gasteiger partial charge < -0.3 is 10.1 Å². The molecule has 1 amide bonds. The molecule has 3 heterocycles. The zero-order chi connectivity index (χ0) is 25.8. The summed E-state index contributed by atoms with van der Waals surface area (Å²) in [5.74, 6) is 0.662. The maximum Gasteiger partial charge on any atom is 0.251 e. The van der Waals surface area contributed by atoms with Crippen LogP contribution in [-0.4, -0.2) is 50.9 Å². The Morgan fingerprint density at radius 1 is 1.16 bits per heavy atom. The normalized spacial score (nSPS) is 13.0. The number of carbonyl (C=O) groups is 1. The van der Waals surface area contributed by atoms with E-state index < -0.39 is 0 Å². The molecule has 37 heavy (non-hydrogen) atoms. The Morgan fingerprint density at radius 3 is 2.57 bits per heavy atom. The van der Waals surface area contributed by atoms with Gasteiger partial charge in [0.25, 0.3) is 5.95 Å². The van der Waals surface area contributed by atoms with Crippen LogP contribution in [0.25, 0.3) is 11.1 Å². The number of benzene rings is 2. The first-order valence-corrected chi connectivity index (χ1v) is 12.1. The van der Waals surface area contributed by atoms with E-state index in [1.807, 2.05) is 55.6 Å². The van der Waals surface area contributed by atoms with Crippen molar-refractivity contribution in [1.29, 1.82) is 0 Å². The predicted molar refractivity (Wildman–Crippen MR) is 144 cm³/mol. The molecule has 1 fully saturated rings. The third-order valence-corrected chi connectivity index (χ3v) is 6.35.